The molecule has 0 saturated carbocycles. The minimum atomic E-state index is -3.85. The maximum atomic E-state index is 12.3. The second-order valence-corrected chi connectivity index (χ2v) is 7.34. The molecule has 0 unspecified atom stereocenters. The van der Waals surface area contributed by atoms with Crippen LogP contribution in [0.15, 0.2) is 17.0 Å². The van der Waals surface area contributed by atoms with Gasteiger partial charge in [-0.05, 0) is 38.5 Å². The molecule has 0 spiro atoms. The van der Waals surface area contributed by atoms with E-state index in [9.17, 15) is 13.2 Å². The van der Waals surface area contributed by atoms with Gasteiger partial charge >= 0.3 is 0 Å². The Morgan fingerprint density at radius 2 is 1.95 bits per heavy atom. The average molecular weight is 320 g/mol. The number of rotatable bonds is 5. The van der Waals surface area contributed by atoms with Crippen molar-refractivity contribution >= 4 is 33.2 Å². The van der Waals surface area contributed by atoms with Crippen LogP contribution >= 0.6 is 11.6 Å². The van der Waals surface area contributed by atoms with Gasteiger partial charge in [0.1, 0.15) is 0 Å². The van der Waals surface area contributed by atoms with Crippen molar-refractivity contribution in [1.82, 2.24) is 4.72 Å². The Bertz CT molecular complexity index is 618. The minimum Gasteiger partial charge on any atom is -0.398 e. The fourth-order valence-electron chi connectivity index (χ4n) is 1.72. The summed E-state index contributed by atoms with van der Waals surface area (Å²) in [6, 6.07) is 2.64. The molecule has 5 N–H and O–H groups in total. The first-order valence-electron chi connectivity index (χ1n) is 5.82. The lowest BCUT2D eigenvalue weighted by atomic mass is 10.0. The number of nitrogens with two attached hydrogens (primary N) is 2. The van der Waals surface area contributed by atoms with Crippen LogP contribution < -0.4 is 16.2 Å². The van der Waals surface area contributed by atoms with Crippen LogP contribution in [0.25, 0.3) is 0 Å². The summed E-state index contributed by atoms with van der Waals surface area (Å²) in [5.41, 5.74) is 10.7. The number of primary amides is 1. The van der Waals surface area contributed by atoms with Crippen LogP contribution in [0.2, 0.25) is 5.02 Å². The maximum absolute atomic E-state index is 12.3. The predicted octanol–water partition coefficient (Wildman–Crippen LogP) is 1.16. The van der Waals surface area contributed by atoms with E-state index in [0.717, 1.165) is 0 Å². The fraction of sp³-hybridized carbons (Fsp3) is 0.417. The SMILES string of the molecule is Cc1c(N)cc(S(=O)(=O)NC(C)(C)CC(N)=O)cc1Cl. The minimum absolute atomic E-state index is 0.0526. The third kappa shape index (κ3) is 4.09. The molecule has 0 heterocycles. The number of hydrogen-bond donors (Lipinski definition) is 3. The molecule has 1 amide bonds. The third-order valence-corrected chi connectivity index (χ3v) is 4.77. The summed E-state index contributed by atoms with van der Waals surface area (Å²) in [4.78, 5) is 10.9. The molecule has 1 aromatic rings. The standard InChI is InChI=1S/C12H18ClN3O3S/c1-7-9(13)4-8(5-10(7)14)20(18,19)16-12(2,3)6-11(15)17/h4-5,16H,6,14H2,1-3H3,(H2,15,17). The topological polar surface area (TPSA) is 115 Å². The average Bonchev–Trinajstić information content (AvgIpc) is 2.21. The number of halogens is 1. The lowest BCUT2D eigenvalue weighted by Crippen LogP contribution is -2.45. The van der Waals surface area contributed by atoms with Gasteiger partial charge in [-0.3, -0.25) is 4.79 Å². The molecule has 8 heteroatoms. The Morgan fingerprint density at radius 1 is 1.40 bits per heavy atom. The summed E-state index contributed by atoms with van der Waals surface area (Å²) < 4.78 is 26.9. The van der Waals surface area contributed by atoms with Crippen LogP contribution in [0.4, 0.5) is 5.69 Å². The molecule has 112 valence electrons. The highest BCUT2D eigenvalue weighted by Gasteiger charge is 2.28. The van der Waals surface area contributed by atoms with Gasteiger partial charge in [-0.2, -0.15) is 0 Å². The van der Waals surface area contributed by atoms with E-state index in [2.05, 4.69) is 4.72 Å². The van der Waals surface area contributed by atoms with Crippen molar-refractivity contribution in [3.63, 3.8) is 0 Å². The van der Waals surface area contributed by atoms with E-state index < -0.39 is 21.5 Å². The van der Waals surface area contributed by atoms with Crippen LogP contribution in [0.1, 0.15) is 25.8 Å². The van der Waals surface area contributed by atoms with E-state index in [1.165, 1.54) is 12.1 Å². The summed E-state index contributed by atoms with van der Waals surface area (Å²) in [6.45, 7) is 4.82. The second-order valence-electron chi connectivity index (χ2n) is 5.25. The van der Waals surface area contributed by atoms with Crippen LogP contribution in [0.3, 0.4) is 0 Å². The Hall–Kier alpha value is -1.31. The summed E-state index contributed by atoms with van der Waals surface area (Å²) >= 11 is 5.93. The molecule has 0 saturated heterocycles. The van der Waals surface area contributed by atoms with E-state index in [4.69, 9.17) is 23.1 Å². The Labute approximate surface area is 123 Å². The molecule has 1 aromatic carbocycles. The van der Waals surface area contributed by atoms with E-state index >= 15 is 0 Å². The first-order chi connectivity index (χ1) is 8.94. The molecule has 0 aromatic heterocycles. The van der Waals surface area contributed by atoms with Gasteiger partial charge in [-0.15, -0.1) is 0 Å². The highest BCUT2D eigenvalue weighted by Crippen LogP contribution is 2.26. The van der Waals surface area contributed by atoms with E-state index in [-0.39, 0.29) is 22.0 Å². The normalized spacial score (nSPS) is 12.4. The zero-order chi connectivity index (χ0) is 15.7. The van der Waals surface area contributed by atoms with Crippen LogP contribution in [0.5, 0.6) is 0 Å². The highest BCUT2D eigenvalue weighted by atomic mass is 35.5. The molecule has 0 aliphatic carbocycles. The molecular weight excluding hydrogens is 302 g/mol. The summed E-state index contributed by atoms with van der Waals surface area (Å²) in [7, 11) is -3.85. The molecular formula is C12H18ClN3O3S. The summed E-state index contributed by atoms with van der Waals surface area (Å²) in [5, 5.41) is 0.262. The predicted molar refractivity (Wildman–Crippen MR) is 78.8 cm³/mol. The lowest BCUT2D eigenvalue weighted by molar-refractivity contribution is -0.119. The zero-order valence-corrected chi connectivity index (χ0v) is 13.1. The summed E-state index contributed by atoms with van der Waals surface area (Å²) in [6.07, 6.45) is -0.124. The molecule has 6 nitrogen and oxygen atoms in total. The van der Waals surface area contributed by atoms with Gasteiger partial charge in [0.15, 0.2) is 0 Å². The molecule has 0 atom stereocenters. The van der Waals surface area contributed by atoms with Gasteiger partial charge in [-0.25, -0.2) is 13.1 Å². The van der Waals surface area contributed by atoms with Crippen molar-refractivity contribution in [2.45, 2.75) is 37.6 Å². The lowest BCUT2D eigenvalue weighted by Gasteiger charge is -2.24. The maximum Gasteiger partial charge on any atom is 0.241 e. The first-order valence-corrected chi connectivity index (χ1v) is 7.68. The van der Waals surface area contributed by atoms with Crippen molar-refractivity contribution in [3.05, 3.63) is 22.7 Å². The summed E-state index contributed by atoms with van der Waals surface area (Å²) in [5.74, 6) is -0.598. The molecule has 0 fully saturated rings. The van der Waals surface area contributed by atoms with E-state index in [1.807, 2.05) is 0 Å². The first kappa shape index (κ1) is 16.7. The zero-order valence-electron chi connectivity index (χ0n) is 11.5. The van der Waals surface area contributed by atoms with E-state index in [0.29, 0.717) is 5.56 Å². The number of sulfonamides is 1. The molecule has 0 aliphatic heterocycles. The van der Waals surface area contributed by atoms with E-state index in [1.54, 1.807) is 20.8 Å². The van der Waals surface area contributed by atoms with Crippen LogP contribution in [-0.2, 0) is 14.8 Å². The van der Waals surface area contributed by atoms with Gasteiger partial charge in [-0.1, -0.05) is 11.6 Å². The van der Waals surface area contributed by atoms with Crippen LogP contribution in [0, 0.1) is 6.92 Å². The molecule has 0 radical (unpaired) electrons. The van der Waals surface area contributed by atoms with Gasteiger partial charge in [0.25, 0.3) is 0 Å². The van der Waals surface area contributed by atoms with Crippen molar-refractivity contribution in [2.75, 3.05) is 5.73 Å². The molecule has 1 rings (SSSR count). The number of nitrogens with one attached hydrogen (secondary N) is 1. The Kier molecular flexibility index (Phi) is 4.68. The monoisotopic (exact) mass is 319 g/mol. The highest BCUT2D eigenvalue weighted by molar-refractivity contribution is 7.89. The number of amides is 1. The largest absolute Gasteiger partial charge is 0.398 e. The molecule has 20 heavy (non-hydrogen) atoms. The van der Waals surface area contributed by atoms with Crippen molar-refractivity contribution in [3.8, 4) is 0 Å². The second kappa shape index (κ2) is 5.59. The number of carbonyl (C=O) groups excluding carboxylic acids is 1. The Morgan fingerprint density at radius 3 is 2.40 bits per heavy atom. The van der Waals surface area contributed by atoms with Gasteiger partial charge in [0.2, 0.25) is 15.9 Å². The third-order valence-electron chi connectivity index (χ3n) is 2.70. The van der Waals surface area contributed by atoms with Gasteiger partial charge in [0.05, 0.1) is 4.90 Å². The van der Waals surface area contributed by atoms with Crippen molar-refractivity contribution in [1.29, 1.82) is 0 Å². The Balaban J connectivity index is 3.15. The molecule has 0 bridgehead atoms. The fourth-order valence-corrected chi connectivity index (χ4v) is 3.49. The number of carbonyl (C=O) groups is 1. The quantitative estimate of drug-likeness (QED) is 0.706. The number of nitrogen functional groups attached to an aromatic ring is 1. The van der Waals surface area contributed by atoms with Crippen LogP contribution in [-0.4, -0.2) is 19.9 Å². The van der Waals surface area contributed by atoms with Gasteiger partial charge < -0.3 is 11.5 Å². The smallest absolute Gasteiger partial charge is 0.241 e. The van der Waals surface area contributed by atoms with Crippen molar-refractivity contribution in [2.24, 2.45) is 5.73 Å². The number of hydrogen-bond acceptors (Lipinski definition) is 4. The molecule has 0 aliphatic rings. The van der Waals surface area contributed by atoms with Crippen molar-refractivity contribution < 1.29 is 13.2 Å². The van der Waals surface area contributed by atoms with Gasteiger partial charge in [0, 0.05) is 22.7 Å². The number of benzene rings is 1. The number of anilines is 1.